The van der Waals surface area contributed by atoms with Crippen molar-refractivity contribution in [3.05, 3.63) is 54.1 Å². The van der Waals surface area contributed by atoms with E-state index in [-0.39, 0.29) is 6.42 Å². The number of pyridine rings is 1. The Labute approximate surface area is 93.0 Å². The van der Waals surface area contributed by atoms with Crippen LogP contribution in [0.4, 0.5) is 4.39 Å². The molecule has 1 aromatic heterocycles. The van der Waals surface area contributed by atoms with Crippen molar-refractivity contribution in [2.24, 2.45) is 0 Å². The molecule has 2 aromatic rings. The Bertz CT molecular complexity index is 529. The third-order valence-electron chi connectivity index (χ3n) is 2.34. The molecule has 0 aliphatic heterocycles. The molecule has 78 valence electrons. The SMILES string of the molecule is N#CCc1c(-c2ccccc2)ccnc1F. The molecule has 3 heteroatoms. The fraction of sp³-hybridized carbons (Fsp3) is 0.0769. The molecule has 0 radical (unpaired) electrons. The first-order valence-electron chi connectivity index (χ1n) is 4.88. The lowest BCUT2D eigenvalue weighted by Gasteiger charge is -2.06. The highest BCUT2D eigenvalue weighted by Gasteiger charge is 2.10. The summed E-state index contributed by atoms with van der Waals surface area (Å²) in [4.78, 5) is 3.57. The third-order valence-corrected chi connectivity index (χ3v) is 2.34. The van der Waals surface area contributed by atoms with Gasteiger partial charge in [-0.25, -0.2) is 4.98 Å². The molecule has 2 nitrogen and oxygen atoms in total. The van der Waals surface area contributed by atoms with Gasteiger partial charge in [-0.05, 0) is 17.2 Å². The highest BCUT2D eigenvalue weighted by Crippen LogP contribution is 2.24. The van der Waals surface area contributed by atoms with E-state index >= 15 is 0 Å². The summed E-state index contributed by atoms with van der Waals surface area (Å²) in [5, 5.41) is 8.67. The first-order valence-corrected chi connectivity index (χ1v) is 4.88. The molecule has 1 aromatic carbocycles. The minimum Gasteiger partial charge on any atom is -0.228 e. The van der Waals surface area contributed by atoms with Crippen LogP contribution in [0.3, 0.4) is 0 Å². The fourth-order valence-corrected chi connectivity index (χ4v) is 1.60. The van der Waals surface area contributed by atoms with Crippen LogP contribution in [0, 0.1) is 17.3 Å². The number of rotatable bonds is 2. The van der Waals surface area contributed by atoms with Gasteiger partial charge in [0.2, 0.25) is 5.95 Å². The lowest BCUT2D eigenvalue weighted by atomic mass is 10.00. The van der Waals surface area contributed by atoms with Gasteiger partial charge in [-0.3, -0.25) is 0 Å². The van der Waals surface area contributed by atoms with Crippen molar-refractivity contribution >= 4 is 0 Å². The van der Waals surface area contributed by atoms with Gasteiger partial charge < -0.3 is 0 Å². The van der Waals surface area contributed by atoms with Crippen molar-refractivity contribution < 1.29 is 4.39 Å². The van der Waals surface area contributed by atoms with E-state index in [1.807, 2.05) is 36.4 Å². The van der Waals surface area contributed by atoms with Crippen molar-refractivity contribution in [3.63, 3.8) is 0 Å². The van der Waals surface area contributed by atoms with Gasteiger partial charge in [0.25, 0.3) is 0 Å². The van der Waals surface area contributed by atoms with Gasteiger partial charge in [-0.1, -0.05) is 30.3 Å². The minimum absolute atomic E-state index is 0.0316. The minimum atomic E-state index is -0.567. The average Bonchev–Trinajstić information content (AvgIpc) is 2.33. The summed E-state index contributed by atoms with van der Waals surface area (Å²) in [5.41, 5.74) is 1.99. The van der Waals surface area contributed by atoms with E-state index in [0.29, 0.717) is 5.56 Å². The Morgan fingerprint density at radius 3 is 2.62 bits per heavy atom. The van der Waals surface area contributed by atoms with Crippen LogP contribution < -0.4 is 0 Å². The molecule has 0 spiro atoms. The van der Waals surface area contributed by atoms with E-state index in [1.54, 1.807) is 6.07 Å². The maximum Gasteiger partial charge on any atom is 0.217 e. The van der Waals surface area contributed by atoms with Crippen LogP contribution in [-0.4, -0.2) is 4.98 Å². The van der Waals surface area contributed by atoms with E-state index in [4.69, 9.17) is 5.26 Å². The first kappa shape index (κ1) is 10.3. The van der Waals surface area contributed by atoms with Gasteiger partial charge in [0.15, 0.2) is 0 Å². The number of hydrogen-bond acceptors (Lipinski definition) is 2. The second-order valence-electron chi connectivity index (χ2n) is 3.33. The Morgan fingerprint density at radius 1 is 1.19 bits per heavy atom. The summed E-state index contributed by atoms with van der Waals surface area (Å²) in [6, 6.07) is 13.1. The largest absolute Gasteiger partial charge is 0.228 e. The van der Waals surface area contributed by atoms with Crippen LogP contribution >= 0.6 is 0 Å². The summed E-state index contributed by atoms with van der Waals surface area (Å²) in [6.07, 6.45) is 1.45. The van der Waals surface area contributed by atoms with Gasteiger partial charge in [0.05, 0.1) is 12.5 Å². The molecule has 0 N–H and O–H groups in total. The molecule has 0 fully saturated rings. The maximum atomic E-state index is 13.5. The molecule has 0 saturated heterocycles. The number of nitriles is 1. The summed E-state index contributed by atoms with van der Waals surface area (Å²) < 4.78 is 13.5. The molecule has 2 rings (SSSR count). The summed E-state index contributed by atoms with van der Waals surface area (Å²) in [5.74, 6) is -0.567. The topological polar surface area (TPSA) is 36.7 Å². The van der Waals surface area contributed by atoms with E-state index < -0.39 is 5.95 Å². The zero-order chi connectivity index (χ0) is 11.4. The molecule has 0 aliphatic rings. The summed E-state index contributed by atoms with van der Waals surface area (Å²) in [6.45, 7) is 0. The average molecular weight is 212 g/mol. The molecular weight excluding hydrogens is 203 g/mol. The quantitative estimate of drug-likeness (QED) is 0.717. The molecule has 0 amide bonds. The molecule has 16 heavy (non-hydrogen) atoms. The molecule has 0 aliphatic carbocycles. The monoisotopic (exact) mass is 212 g/mol. The highest BCUT2D eigenvalue weighted by molar-refractivity contribution is 5.67. The maximum absolute atomic E-state index is 13.5. The van der Waals surface area contributed by atoms with E-state index in [2.05, 4.69) is 4.98 Å². The van der Waals surface area contributed by atoms with Gasteiger partial charge in [0, 0.05) is 11.8 Å². The summed E-state index contributed by atoms with van der Waals surface area (Å²) >= 11 is 0. The van der Waals surface area contributed by atoms with E-state index in [1.165, 1.54) is 6.20 Å². The first-order chi connectivity index (χ1) is 7.83. The van der Waals surface area contributed by atoms with Crippen molar-refractivity contribution in [1.29, 1.82) is 5.26 Å². The van der Waals surface area contributed by atoms with Crippen molar-refractivity contribution in [1.82, 2.24) is 4.98 Å². The van der Waals surface area contributed by atoms with Gasteiger partial charge in [-0.2, -0.15) is 9.65 Å². The number of benzene rings is 1. The zero-order valence-electron chi connectivity index (χ0n) is 8.52. The third kappa shape index (κ3) is 1.91. The number of hydrogen-bond donors (Lipinski definition) is 0. The van der Waals surface area contributed by atoms with E-state index in [0.717, 1.165) is 11.1 Å². The Kier molecular flexibility index (Phi) is 2.93. The molecule has 0 saturated carbocycles. The zero-order valence-corrected chi connectivity index (χ0v) is 8.52. The molecule has 0 bridgehead atoms. The molecular formula is C13H9FN2. The fourth-order valence-electron chi connectivity index (χ4n) is 1.60. The molecule has 0 unspecified atom stereocenters. The predicted octanol–water partition coefficient (Wildman–Crippen LogP) is 2.95. The van der Waals surface area contributed by atoms with Crippen LogP contribution in [0.5, 0.6) is 0 Å². The Morgan fingerprint density at radius 2 is 1.94 bits per heavy atom. The second kappa shape index (κ2) is 4.54. The lowest BCUT2D eigenvalue weighted by Crippen LogP contribution is -1.96. The van der Waals surface area contributed by atoms with Crippen LogP contribution in [0.25, 0.3) is 11.1 Å². The predicted molar refractivity (Wildman–Crippen MR) is 58.9 cm³/mol. The van der Waals surface area contributed by atoms with Gasteiger partial charge in [-0.15, -0.1) is 0 Å². The molecule has 0 atom stereocenters. The van der Waals surface area contributed by atoms with Crippen molar-refractivity contribution in [2.45, 2.75) is 6.42 Å². The van der Waals surface area contributed by atoms with Crippen LogP contribution in [-0.2, 0) is 6.42 Å². The van der Waals surface area contributed by atoms with Crippen molar-refractivity contribution in [2.75, 3.05) is 0 Å². The Balaban J connectivity index is 2.57. The normalized spacial score (nSPS) is 9.75. The van der Waals surface area contributed by atoms with E-state index in [9.17, 15) is 4.39 Å². The van der Waals surface area contributed by atoms with Gasteiger partial charge >= 0.3 is 0 Å². The lowest BCUT2D eigenvalue weighted by molar-refractivity contribution is 0.572. The number of aromatic nitrogens is 1. The highest BCUT2D eigenvalue weighted by atomic mass is 19.1. The second-order valence-corrected chi connectivity index (χ2v) is 3.33. The van der Waals surface area contributed by atoms with Crippen LogP contribution in [0.2, 0.25) is 0 Å². The van der Waals surface area contributed by atoms with Crippen molar-refractivity contribution in [3.8, 4) is 17.2 Å². The standard InChI is InChI=1S/C13H9FN2/c14-13-12(6-8-15)11(7-9-16-13)10-4-2-1-3-5-10/h1-5,7,9H,6H2. The summed E-state index contributed by atoms with van der Waals surface area (Å²) in [7, 11) is 0. The number of halogens is 1. The Hall–Kier alpha value is -2.21. The number of nitrogens with zero attached hydrogens (tertiary/aromatic N) is 2. The van der Waals surface area contributed by atoms with Gasteiger partial charge in [0.1, 0.15) is 0 Å². The molecule has 1 heterocycles. The van der Waals surface area contributed by atoms with Crippen LogP contribution in [0.1, 0.15) is 5.56 Å². The van der Waals surface area contributed by atoms with Crippen LogP contribution in [0.15, 0.2) is 42.6 Å². The smallest absolute Gasteiger partial charge is 0.217 e.